The van der Waals surface area contributed by atoms with Gasteiger partial charge in [-0.2, -0.15) is 0 Å². The van der Waals surface area contributed by atoms with E-state index in [1.807, 2.05) is 6.92 Å². The Labute approximate surface area is 117 Å². The van der Waals surface area contributed by atoms with Crippen molar-refractivity contribution in [2.75, 3.05) is 17.7 Å². The Morgan fingerprint density at radius 3 is 2.84 bits per heavy atom. The average molecular weight is 282 g/mol. The molecule has 1 aliphatic rings. The highest BCUT2D eigenvalue weighted by Crippen LogP contribution is 2.31. The number of aliphatic imine (C=N–C) groups is 1. The number of hydrogen-bond acceptors (Lipinski definition) is 4. The third-order valence-corrected chi connectivity index (χ3v) is 4.37. The number of thioether (sulfide) groups is 1. The van der Waals surface area contributed by atoms with E-state index in [2.05, 4.69) is 24.2 Å². The van der Waals surface area contributed by atoms with Crippen LogP contribution in [0.4, 0.5) is 10.1 Å². The van der Waals surface area contributed by atoms with Crippen molar-refractivity contribution >= 4 is 22.6 Å². The van der Waals surface area contributed by atoms with Crippen molar-refractivity contribution in [2.24, 2.45) is 4.99 Å². The minimum absolute atomic E-state index is 0.00317. The fourth-order valence-electron chi connectivity index (χ4n) is 1.75. The van der Waals surface area contributed by atoms with Gasteiger partial charge in [0.15, 0.2) is 16.7 Å². The van der Waals surface area contributed by atoms with Gasteiger partial charge >= 0.3 is 0 Å². The minimum Gasteiger partial charge on any atom is -0.491 e. The molecule has 1 N–H and O–H groups in total. The summed E-state index contributed by atoms with van der Waals surface area (Å²) in [6.45, 7) is 6.55. The molecule has 0 bridgehead atoms. The first-order valence-electron chi connectivity index (χ1n) is 6.48. The first-order chi connectivity index (χ1) is 9.06. The highest BCUT2D eigenvalue weighted by atomic mass is 32.2. The molecule has 0 fully saturated rings. The van der Waals surface area contributed by atoms with Crippen LogP contribution < -0.4 is 10.1 Å². The number of halogens is 1. The number of nitrogens with zero attached hydrogens (tertiary/aromatic N) is 1. The van der Waals surface area contributed by atoms with Gasteiger partial charge in [-0.1, -0.05) is 18.7 Å². The van der Waals surface area contributed by atoms with Crippen molar-refractivity contribution in [3.63, 3.8) is 0 Å². The Kier molecular flexibility index (Phi) is 4.34. The van der Waals surface area contributed by atoms with Crippen LogP contribution in [0.3, 0.4) is 0 Å². The molecule has 2 rings (SSSR count). The second-order valence-electron chi connectivity index (χ2n) is 4.76. The number of anilines is 1. The van der Waals surface area contributed by atoms with Gasteiger partial charge in [-0.3, -0.25) is 4.99 Å². The molecule has 0 saturated carbocycles. The molecule has 0 radical (unpaired) electrons. The lowest BCUT2D eigenvalue weighted by Crippen LogP contribution is -2.20. The molecule has 1 unspecified atom stereocenters. The fraction of sp³-hybridized carbons (Fsp3) is 0.500. The standard InChI is InChI=1S/C14H19FN2OS/c1-4-14(3)9-19-13(17-14)16-10-6-7-12(18-5-2)11(15)8-10/h6-8H,4-5,9H2,1-3H3,(H,16,17). The molecular formula is C14H19FN2OS. The number of benzene rings is 1. The van der Waals surface area contributed by atoms with Crippen LogP contribution in [0.5, 0.6) is 5.75 Å². The summed E-state index contributed by atoms with van der Waals surface area (Å²) in [5, 5.41) is 4.01. The van der Waals surface area contributed by atoms with Crippen LogP contribution in [0.2, 0.25) is 0 Å². The lowest BCUT2D eigenvalue weighted by molar-refractivity contribution is 0.321. The summed E-state index contributed by atoms with van der Waals surface area (Å²) in [5.41, 5.74) is 0.698. The van der Waals surface area contributed by atoms with Gasteiger partial charge in [-0.15, -0.1) is 0 Å². The second-order valence-corrected chi connectivity index (χ2v) is 5.72. The van der Waals surface area contributed by atoms with Crippen LogP contribution in [0.1, 0.15) is 27.2 Å². The number of amidine groups is 1. The van der Waals surface area contributed by atoms with E-state index in [-0.39, 0.29) is 17.1 Å². The monoisotopic (exact) mass is 282 g/mol. The summed E-state index contributed by atoms with van der Waals surface area (Å²) in [6, 6.07) is 4.88. The zero-order chi connectivity index (χ0) is 13.9. The highest BCUT2D eigenvalue weighted by molar-refractivity contribution is 8.14. The Morgan fingerprint density at radius 2 is 2.26 bits per heavy atom. The topological polar surface area (TPSA) is 33.6 Å². The van der Waals surface area contributed by atoms with E-state index in [0.29, 0.717) is 12.3 Å². The molecule has 0 aromatic heterocycles. The summed E-state index contributed by atoms with van der Waals surface area (Å²) in [6.07, 6.45) is 1.00. The molecule has 0 aliphatic carbocycles. The maximum Gasteiger partial charge on any atom is 0.167 e. The van der Waals surface area contributed by atoms with Gasteiger partial charge in [0, 0.05) is 17.5 Å². The van der Waals surface area contributed by atoms with E-state index < -0.39 is 0 Å². The molecule has 1 aromatic carbocycles. The fourth-order valence-corrected chi connectivity index (χ4v) is 2.94. The van der Waals surface area contributed by atoms with Crippen molar-refractivity contribution in [2.45, 2.75) is 32.7 Å². The normalized spacial score (nSPS) is 22.2. The molecule has 1 atom stereocenters. The van der Waals surface area contributed by atoms with Crippen molar-refractivity contribution in [3.8, 4) is 5.75 Å². The minimum atomic E-state index is -0.353. The molecule has 3 nitrogen and oxygen atoms in total. The first-order valence-corrected chi connectivity index (χ1v) is 7.47. The van der Waals surface area contributed by atoms with E-state index in [1.54, 1.807) is 23.9 Å². The number of nitrogens with one attached hydrogen (secondary N) is 1. The summed E-state index contributed by atoms with van der Waals surface area (Å²) in [5.74, 6) is 0.895. The highest BCUT2D eigenvalue weighted by Gasteiger charge is 2.28. The van der Waals surface area contributed by atoms with Gasteiger partial charge in [0.25, 0.3) is 0 Å². The predicted octanol–water partition coefficient (Wildman–Crippen LogP) is 3.91. The number of hydrogen-bond donors (Lipinski definition) is 1. The molecule has 0 amide bonds. The van der Waals surface area contributed by atoms with E-state index in [4.69, 9.17) is 4.74 Å². The molecule has 1 heterocycles. The zero-order valence-electron chi connectivity index (χ0n) is 11.5. The van der Waals surface area contributed by atoms with Crippen LogP contribution in [0, 0.1) is 5.82 Å². The van der Waals surface area contributed by atoms with E-state index >= 15 is 0 Å². The molecule has 1 aliphatic heterocycles. The molecule has 0 saturated heterocycles. The third kappa shape index (κ3) is 3.41. The number of rotatable bonds is 4. The SMILES string of the molecule is CCOc1ccc(NC2=NC(C)(CC)CS2)cc1F. The third-order valence-electron chi connectivity index (χ3n) is 3.14. The predicted molar refractivity (Wildman–Crippen MR) is 79.8 cm³/mol. The molecule has 19 heavy (non-hydrogen) atoms. The Balaban J connectivity index is 2.08. The lowest BCUT2D eigenvalue weighted by Gasteiger charge is -2.15. The van der Waals surface area contributed by atoms with Crippen LogP contribution in [-0.4, -0.2) is 23.1 Å². The van der Waals surface area contributed by atoms with Gasteiger partial charge < -0.3 is 10.1 Å². The Morgan fingerprint density at radius 1 is 1.47 bits per heavy atom. The van der Waals surface area contributed by atoms with E-state index in [1.165, 1.54) is 6.07 Å². The maximum atomic E-state index is 13.7. The van der Waals surface area contributed by atoms with Crippen LogP contribution >= 0.6 is 11.8 Å². The van der Waals surface area contributed by atoms with Crippen LogP contribution in [0.25, 0.3) is 0 Å². The Hall–Kier alpha value is -1.23. The molecule has 0 spiro atoms. The van der Waals surface area contributed by atoms with Crippen molar-refractivity contribution in [1.29, 1.82) is 0 Å². The van der Waals surface area contributed by atoms with Crippen LogP contribution in [-0.2, 0) is 0 Å². The lowest BCUT2D eigenvalue weighted by atomic mass is 10.0. The number of ether oxygens (including phenoxy) is 1. The van der Waals surface area contributed by atoms with Crippen molar-refractivity contribution in [3.05, 3.63) is 24.0 Å². The summed E-state index contributed by atoms with van der Waals surface area (Å²) in [7, 11) is 0. The largest absolute Gasteiger partial charge is 0.491 e. The zero-order valence-corrected chi connectivity index (χ0v) is 12.3. The van der Waals surface area contributed by atoms with Gasteiger partial charge in [0.1, 0.15) is 0 Å². The van der Waals surface area contributed by atoms with Gasteiger partial charge in [0.05, 0.1) is 12.1 Å². The Bertz CT molecular complexity index is 492. The molecule has 1 aromatic rings. The average Bonchev–Trinajstić information content (AvgIpc) is 2.75. The summed E-state index contributed by atoms with van der Waals surface area (Å²) >= 11 is 1.67. The van der Waals surface area contributed by atoms with Gasteiger partial charge in [0.2, 0.25) is 0 Å². The summed E-state index contributed by atoms with van der Waals surface area (Å²) < 4.78 is 18.9. The summed E-state index contributed by atoms with van der Waals surface area (Å²) in [4.78, 5) is 4.64. The smallest absolute Gasteiger partial charge is 0.167 e. The maximum absolute atomic E-state index is 13.7. The molecule has 104 valence electrons. The van der Waals surface area contributed by atoms with Gasteiger partial charge in [-0.25, -0.2) is 4.39 Å². The van der Waals surface area contributed by atoms with E-state index in [0.717, 1.165) is 17.3 Å². The molecular weight excluding hydrogens is 263 g/mol. The quantitative estimate of drug-likeness (QED) is 0.909. The van der Waals surface area contributed by atoms with Crippen molar-refractivity contribution in [1.82, 2.24) is 0 Å². The van der Waals surface area contributed by atoms with E-state index in [9.17, 15) is 4.39 Å². The second kappa shape index (κ2) is 5.82. The van der Waals surface area contributed by atoms with Crippen LogP contribution in [0.15, 0.2) is 23.2 Å². The first kappa shape index (κ1) is 14.2. The van der Waals surface area contributed by atoms with Crippen molar-refractivity contribution < 1.29 is 9.13 Å². The van der Waals surface area contributed by atoms with Gasteiger partial charge in [-0.05, 0) is 32.4 Å². The molecule has 5 heteroatoms.